The van der Waals surface area contributed by atoms with Gasteiger partial charge in [0.15, 0.2) is 17.5 Å². The molecule has 2 aromatic heterocycles. The van der Waals surface area contributed by atoms with E-state index in [1.807, 2.05) is 0 Å². The molecule has 2 aliphatic rings. The third-order valence-electron chi connectivity index (χ3n) is 7.01. The molecule has 7 nitrogen and oxygen atoms in total. The van der Waals surface area contributed by atoms with Crippen LogP contribution in [0.2, 0.25) is 0 Å². The van der Waals surface area contributed by atoms with Crippen molar-refractivity contribution in [2.75, 3.05) is 0 Å². The van der Waals surface area contributed by atoms with Crippen LogP contribution in [0.4, 0.5) is 17.6 Å². The zero-order chi connectivity index (χ0) is 25.1. The van der Waals surface area contributed by atoms with Gasteiger partial charge >= 0.3 is 0 Å². The van der Waals surface area contributed by atoms with E-state index < -0.39 is 23.4 Å². The molecular weight excluding hydrogens is 476 g/mol. The highest BCUT2D eigenvalue weighted by molar-refractivity contribution is 5.98. The van der Waals surface area contributed by atoms with Crippen LogP contribution in [-0.2, 0) is 13.5 Å². The Hall–Kier alpha value is -4.02. The van der Waals surface area contributed by atoms with Gasteiger partial charge in [-0.25, -0.2) is 17.9 Å². The second-order valence-corrected chi connectivity index (χ2v) is 9.11. The number of nitrogens with zero attached hydrogens (tertiary/aromatic N) is 6. The van der Waals surface area contributed by atoms with Crippen molar-refractivity contribution in [1.29, 1.82) is 0 Å². The van der Waals surface area contributed by atoms with Gasteiger partial charge in [-0.05, 0) is 49.9 Å². The van der Waals surface area contributed by atoms with E-state index in [0.717, 1.165) is 36.7 Å². The lowest BCUT2D eigenvalue weighted by Crippen LogP contribution is -2.50. The molecule has 1 saturated heterocycles. The van der Waals surface area contributed by atoms with E-state index in [1.54, 1.807) is 36.2 Å². The Bertz CT molecular complexity index is 1490. The van der Waals surface area contributed by atoms with Gasteiger partial charge in [0.25, 0.3) is 11.9 Å². The first-order valence-corrected chi connectivity index (χ1v) is 11.5. The number of amides is 1. The Morgan fingerprint density at radius 2 is 1.81 bits per heavy atom. The van der Waals surface area contributed by atoms with Crippen molar-refractivity contribution in [3.63, 3.8) is 0 Å². The summed E-state index contributed by atoms with van der Waals surface area (Å²) in [7, 11) is 1.66. The van der Waals surface area contributed by atoms with Crippen LogP contribution in [0.5, 0.6) is 0 Å². The first kappa shape index (κ1) is 22.4. The second-order valence-electron chi connectivity index (χ2n) is 9.11. The van der Waals surface area contributed by atoms with Crippen LogP contribution in [0.1, 0.15) is 46.9 Å². The van der Waals surface area contributed by atoms with Crippen LogP contribution < -0.4 is 0 Å². The van der Waals surface area contributed by atoms with E-state index in [0.29, 0.717) is 35.5 Å². The minimum Gasteiger partial charge on any atom is -0.327 e. The molecule has 1 fully saturated rings. The average molecular weight is 496 g/mol. The van der Waals surface area contributed by atoms with Crippen LogP contribution in [-0.4, -0.2) is 41.6 Å². The molecule has 0 spiro atoms. The average Bonchev–Trinajstić information content (AvgIpc) is 3.44. The van der Waals surface area contributed by atoms with Crippen molar-refractivity contribution in [1.82, 2.24) is 29.7 Å². The Labute approximate surface area is 202 Å². The Kier molecular flexibility index (Phi) is 5.16. The summed E-state index contributed by atoms with van der Waals surface area (Å²) in [6, 6.07) is 8.20. The molecule has 4 heterocycles. The molecule has 2 unspecified atom stereocenters. The number of rotatable bonds is 3. The molecule has 0 N–H and O–H groups in total. The SMILES string of the molecule is Cn1nc2c(c1-c1cc(F)c(F)c(F)c1)CC1CCCC2N1C(=O)c1ccccc1-n1cc(F)nn1. The fourth-order valence-electron chi connectivity index (χ4n) is 5.56. The van der Waals surface area contributed by atoms with Gasteiger partial charge in [-0.2, -0.15) is 9.49 Å². The minimum atomic E-state index is -1.52. The van der Waals surface area contributed by atoms with E-state index in [-0.39, 0.29) is 23.6 Å². The van der Waals surface area contributed by atoms with Crippen molar-refractivity contribution in [2.45, 2.75) is 37.8 Å². The lowest BCUT2D eigenvalue weighted by molar-refractivity contribution is 0.0391. The Morgan fingerprint density at radius 1 is 1.06 bits per heavy atom. The lowest BCUT2D eigenvalue weighted by Gasteiger charge is -2.45. The summed E-state index contributed by atoms with van der Waals surface area (Å²) in [6.07, 6.45) is 3.83. The number of aromatic nitrogens is 5. The molecule has 11 heteroatoms. The van der Waals surface area contributed by atoms with Gasteiger partial charge < -0.3 is 4.90 Å². The molecule has 2 aromatic carbocycles. The molecule has 1 amide bonds. The molecule has 2 atom stereocenters. The van der Waals surface area contributed by atoms with Crippen molar-refractivity contribution in [3.05, 3.63) is 82.8 Å². The Morgan fingerprint density at radius 3 is 2.53 bits per heavy atom. The summed E-state index contributed by atoms with van der Waals surface area (Å²) in [5, 5.41) is 11.8. The number of piperidine rings is 1. The third kappa shape index (κ3) is 3.41. The first-order valence-electron chi connectivity index (χ1n) is 11.5. The number of hydrogen-bond donors (Lipinski definition) is 0. The molecule has 0 radical (unpaired) electrons. The van der Waals surface area contributed by atoms with Crippen LogP contribution >= 0.6 is 0 Å². The maximum atomic E-state index is 14.0. The van der Waals surface area contributed by atoms with Gasteiger partial charge in [0.1, 0.15) is 0 Å². The van der Waals surface area contributed by atoms with Crippen molar-refractivity contribution in [2.24, 2.45) is 7.05 Å². The maximum Gasteiger partial charge on any atom is 0.256 e. The minimum absolute atomic E-state index is 0.178. The summed E-state index contributed by atoms with van der Waals surface area (Å²) in [5.41, 5.74) is 2.91. The third-order valence-corrected chi connectivity index (χ3v) is 7.01. The maximum absolute atomic E-state index is 14.0. The van der Waals surface area contributed by atoms with Gasteiger partial charge in [0, 0.05) is 24.2 Å². The molecule has 2 aliphatic heterocycles. The van der Waals surface area contributed by atoms with Crippen LogP contribution in [0, 0.1) is 23.4 Å². The molecule has 184 valence electrons. The van der Waals surface area contributed by atoms with E-state index >= 15 is 0 Å². The topological polar surface area (TPSA) is 68.8 Å². The second kappa shape index (κ2) is 8.28. The molecule has 0 aliphatic carbocycles. The molecule has 4 aromatic rings. The number of benzene rings is 2. The smallest absolute Gasteiger partial charge is 0.256 e. The molecule has 2 bridgehead atoms. The molecule has 0 saturated carbocycles. The van der Waals surface area contributed by atoms with Crippen molar-refractivity contribution < 1.29 is 22.4 Å². The van der Waals surface area contributed by atoms with Gasteiger partial charge in [-0.15, -0.1) is 0 Å². The Balaban J connectivity index is 1.43. The zero-order valence-corrected chi connectivity index (χ0v) is 19.1. The van der Waals surface area contributed by atoms with E-state index in [1.165, 1.54) is 9.36 Å². The number of halogens is 4. The quantitative estimate of drug-likeness (QED) is 0.309. The fourth-order valence-corrected chi connectivity index (χ4v) is 5.56. The standard InChI is InChI=1S/C25H20F4N6O/c1-33-24(13-9-17(26)22(29)18(27)10-13)16-11-14-5-4-8-20(23(16)31-33)35(14)25(36)15-6-2-3-7-19(15)34-12-21(28)30-32-34/h2-3,6-7,9-10,12,14,20H,4-5,8,11H2,1H3. The highest BCUT2D eigenvalue weighted by Crippen LogP contribution is 2.45. The first-order chi connectivity index (χ1) is 17.3. The summed E-state index contributed by atoms with van der Waals surface area (Å²) < 4.78 is 57.9. The number of para-hydroxylation sites is 1. The molecule has 6 rings (SSSR count). The van der Waals surface area contributed by atoms with E-state index in [4.69, 9.17) is 0 Å². The largest absolute Gasteiger partial charge is 0.327 e. The zero-order valence-electron chi connectivity index (χ0n) is 19.1. The number of hydrogen-bond acceptors (Lipinski definition) is 4. The summed E-state index contributed by atoms with van der Waals surface area (Å²) in [4.78, 5) is 15.7. The van der Waals surface area contributed by atoms with Crippen LogP contribution in [0.25, 0.3) is 16.9 Å². The van der Waals surface area contributed by atoms with Gasteiger partial charge in [0.2, 0.25) is 0 Å². The highest BCUT2D eigenvalue weighted by Gasteiger charge is 2.44. The lowest BCUT2D eigenvalue weighted by atomic mass is 9.81. The number of carbonyl (C=O) groups is 1. The summed E-state index contributed by atoms with van der Waals surface area (Å²) >= 11 is 0. The highest BCUT2D eigenvalue weighted by atomic mass is 19.2. The van der Waals surface area contributed by atoms with E-state index in [2.05, 4.69) is 15.4 Å². The van der Waals surface area contributed by atoms with Crippen LogP contribution in [0.3, 0.4) is 0 Å². The predicted octanol–water partition coefficient (Wildman–Crippen LogP) is 4.52. The number of aryl methyl sites for hydroxylation is 1. The molecular formula is C25H20F4N6O. The van der Waals surface area contributed by atoms with Crippen molar-refractivity contribution in [3.8, 4) is 16.9 Å². The number of carbonyl (C=O) groups excluding carboxylic acids is 1. The summed E-state index contributed by atoms with van der Waals surface area (Å²) in [6.45, 7) is 0. The normalized spacial score (nSPS) is 18.9. The van der Waals surface area contributed by atoms with Gasteiger partial charge in [-0.1, -0.05) is 22.4 Å². The summed E-state index contributed by atoms with van der Waals surface area (Å²) in [5.74, 6) is -5.06. The van der Waals surface area contributed by atoms with Crippen LogP contribution in [0.15, 0.2) is 42.6 Å². The number of fused-ring (bicyclic) bond motifs is 4. The molecule has 36 heavy (non-hydrogen) atoms. The van der Waals surface area contributed by atoms with Gasteiger partial charge in [-0.3, -0.25) is 9.48 Å². The fraction of sp³-hybridized carbons (Fsp3) is 0.280. The predicted molar refractivity (Wildman–Crippen MR) is 120 cm³/mol. The van der Waals surface area contributed by atoms with E-state index in [9.17, 15) is 22.4 Å². The monoisotopic (exact) mass is 496 g/mol. The van der Waals surface area contributed by atoms with Gasteiger partial charge in [0.05, 0.1) is 34.9 Å². The van der Waals surface area contributed by atoms with Crippen molar-refractivity contribution >= 4 is 5.91 Å².